The summed E-state index contributed by atoms with van der Waals surface area (Å²) in [6.07, 6.45) is 1.91. The van der Waals surface area contributed by atoms with Gasteiger partial charge in [0.15, 0.2) is 0 Å². The Hall–Kier alpha value is -2.75. The molecule has 0 N–H and O–H groups in total. The van der Waals surface area contributed by atoms with E-state index in [1.807, 2.05) is 36.4 Å². The Morgan fingerprint density at radius 1 is 1.00 bits per heavy atom. The first-order valence-electron chi connectivity index (χ1n) is 7.12. The van der Waals surface area contributed by atoms with Gasteiger partial charge in [-0.2, -0.15) is 5.10 Å². The van der Waals surface area contributed by atoms with E-state index in [0.29, 0.717) is 5.56 Å². The molecule has 2 aromatic rings. The molecule has 22 heavy (non-hydrogen) atoms. The van der Waals surface area contributed by atoms with Crippen LogP contribution in [0.3, 0.4) is 0 Å². The third-order valence-corrected chi connectivity index (χ3v) is 3.08. The van der Waals surface area contributed by atoms with E-state index in [0.717, 1.165) is 5.56 Å². The Bertz CT molecular complexity index is 651. The molecule has 0 atom stereocenters. The van der Waals surface area contributed by atoms with Gasteiger partial charge in [-0.15, -0.1) is 0 Å². The molecule has 112 valence electrons. The zero-order valence-corrected chi connectivity index (χ0v) is 12.5. The maximum absolute atomic E-state index is 12.5. The highest BCUT2D eigenvalue weighted by Crippen LogP contribution is 2.07. The van der Waals surface area contributed by atoms with Crippen molar-refractivity contribution in [3.05, 3.63) is 71.8 Å². The number of carbonyl (C=O) groups excluding carboxylic acids is 2. The quantitative estimate of drug-likeness (QED) is 0.607. The first-order valence-corrected chi connectivity index (χ1v) is 7.12. The van der Waals surface area contributed by atoms with Gasteiger partial charge in [-0.25, -0.2) is 5.01 Å². The van der Waals surface area contributed by atoms with Crippen LogP contribution in [0.15, 0.2) is 65.8 Å². The summed E-state index contributed by atoms with van der Waals surface area (Å²) in [7, 11) is 0. The van der Waals surface area contributed by atoms with Crippen LogP contribution in [-0.4, -0.2) is 29.5 Å². The predicted molar refractivity (Wildman–Crippen MR) is 86.8 cm³/mol. The third kappa shape index (κ3) is 4.66. The molecule has 0 aliphatic heterocycles. The molecule has 0 spiro atoms. The van der Waals surface area contributed by atoms with E-state index in [1.54, 1.807) is 30.5 Å². The van der Waals surface area contributed by atoms with Crippen LogP contribution in [0.4, 0.5) is 0 Å². The fraction of sp³-hybridized carbons (Fsp3) is 0.167. The van der Waals surface area contributed by atoms with Crippen molar-refractivity contribution in [3.8, 4) is 0 Å². The van der Waals surface area contributed by atoms with Crippen LogP contribution < -0.4 is 0 Å². The van der Waals surface area contributed by atoms with E-state index < -0.39 is 0 Å². The van der Waals surface area contributed by atoms with Crippen molar-refractivity contribution in [1.29, 1.82) is 0 Å². The molecule has 0 aromatic heterocycles. The van der Waals surface area contributed by atoms with Crippen LogP contribution in [0.1, 0.15) is 29.3 Å². The lowest BCUT2D eigenvalue weighted by Gasteiger charge is -2.16. The fourth-order valence-corrected chi connectivity index (χ4v) is 1.88. The Kier molecular flexibility index (Phi) is 5.60. The SMILES string of the molecule is CC(=O)CCN(/N=C/c1ccccc1)C(=O)c1ccccc1. The third-order valence-electron chi connectivity index (χ3n) is 3.08. The average molecular weight is 294 g/mol. The zero-order chi connectivity index (χ0) is 15.8. The Morgan fingerprint density at radius 3 is 2.18 bits per heavy atom. The first-order chi connectivity index (χ1) is 10.7. The van der Waals surface area contributed by atoms with E-state index in [1.165, 1.54) is 11.9 Å². The standard InChI is InChI=1S/C18H18N2O2/c1-15(21)12-13-20(18(22)17-10-6-3-7-11-17)19-14-16-8-4-2-5-9-16/h2-11,14H,12-13H2,1H3/b19-14+. The van der Waals surface area contributed by atoms with Crippen LogP contribution in [-0.2, 0) is 4.79 Å². The lowest BCUT2D eigenvalue weighted by atomic mass is 10.2. The highest BCUT2D eigenvalue weighted by atomic mass is 16.2. The van der Waals surface area contributed by atoms with Gasteiger partial charge in [-0.1, -0.05) is 48.5 Å². The number of hydrogen-bond acceptors (Lipinski definition) is 3. The maximum atomic E-state index is 12.5. The van der Waals surface area contributed by atoms with Gasteiger partial charge in [0.25, 0.3) is 5.91 Å². The summed E-state index contributed by atoms with van der Waals surface area (Å²) in [6.45, 7) is 1.78. The largest absolute Gasteiger partial charge is 0.300 e. The van der Waals surface area contributed by atoms with Crippen LogP contribution in [0.25, 0.3) is 0 Å². The second-order valence-corrected chi connectivity index (χ2v) is 4.90. The molecule has 4 nitrogen and oxygen atoms in total. The molecule has 0 bridgehead atoms. The summed E-state index contributed by atoms with van der Waals surface area (Å²) in [5, 5.41) is 5.59. The summed E-state index contributed by atoms with van der Waals surface area (Å²) in [4.78, 5) is 23.7. The van der Waals surface area contributed by atoms with Crippen LogP contribution in [0, 0.1) is 0 Å². The number of nitrogens with zero attached hydrogens (tertiary/aromatic N) is 2. The molecular formula is C18H18N2O2. The minimum absolute atomic E-state index is 0.0285. The zero-order valence-electron chi connectivity index (χ0n) is 12.5. The number of benzene rings is 2. The summed E-state index contributed by atoms with van der Waals surface area (Å²) in [5.74, 6) is -0.185. The molecule has 0 aliphatic carbocycles. The molecule has 4 heteroatoms. The van der Waals surface area contributed by atoms with E-state index in [-0.39, 0.29) is 24.7 Å². The minimum atomic E-state index is -0.214. The number of amides is 1. The van der Waals surface area contributed by atoms with E-state index in [2.05, 4.69) is 5.10 Å². The van der Waals surface area contributed by atoms with Crippen molar-refractivity contribution < 1.29 is 9.59 Å². The highest BCUT2D eigenvalue weighted by molar-refractivity contribution is 5.95. The Morgan fingerprint density at radius 2 is 1.59 bits per heavy atom. The number of hydrogen-bond donors (Lipinski definition) is 0. The topological polar surface area (TPSA) is 49.7 Å². The summed E-state index contributed by atoms with van der Waals surface area (Å²) < 4.78 is 0. The number of hydrazone groups is 1. The van der Waals surface area contributed by atoms with Crippen molar-refractivity contribution in [2.75, 3.05) is 6.54 Å². The number of rotatable bonds is 6. The van der Waals surface area contributed by atoms with Gasteiger partial charge in [-0.3, -0.25) is 9.59 Å². The fourth-order valence-electron chi connectivity index (χ4n) is 1.88. The lowest BCUT2D eigenvalue weighted by Crippen LogP contribution is -2.28. The Labute approximate surface area is 130 Å². The molecule has 0 aliphatic rings. The predicted octanol–water partition coefficient (Wildman–Crippen LogP) is 3.14. The van der Waals surface area contributed by atoms with Gasteiger partial charge >= 0.3 is 0 Å². The summed E-state index contributed by atoms with van der Waals surface area (Å²) in [6, 6.07) is 18.5. The van der Waals surface area contributed by atoms with Gasteiger partial charge in [-0.05, 0) is 24.6 Å². The highest BCUT2D eigenvalue weighted by Gasteiger charge is 2.14. The van der Waals surface area contributed by atoms with E-state index >= 15 is 0 Å². The van der Waals surface area contributed by atoms with Crippen molar-refractivity contribution in [1.82, 2.24) is 5.01 Å². The molecular weight excluding hydrogens is 276 g/mol. The Balaban J connectivity index is 2.17. The average Bonchev–Trinajstić information content (AvgIpc) is 2.56. The van der Waals surface area contributed by atoms with Gasteiger partial charge < -0.3 is 0 Å². The normalized spacial score (nSPS) is 10.6. The molecule has 0 heterocycles. The van der Waals surface area contributed by atoms with Crippen molar-refractivity contribution in [3.63, 3.8) is 0 Å². The molecule has 0 unspecified atom stereocenters. The molecule has 0 saturated heterocycles. The molecule has 1 amide bonds. The molecule has 0 saturated carbocycles. The van der Waals surface area contributed by atoms with Crippen LogP contribution in [0.2, 0.25) is 0 Å². The number of carbonyl (C=O) groups is 2. The van der Waals surface area contributed by atoms with Crippen LogP contribution in [0.5, 0.6) is 0 Å². The second kappa shape index (κ2) is 7.88. The van der Waals surface area contributed by atoms with Gasteiger partial charge in [0.1, 0.15) is 5.78 Å². The number of ketones is 1. The van der Waals surface area contributed by atoms with Crippen molar-refractivity contribution in [2.24, 2.45) is 5.10 Å². The lowest BCUT2D eigenvalue weighted by molar-refractivity contribution is -0.117. The smallest absolute Gasteiger partial charge is 0.273 e. The molecule has 0 radical (unpaired) electrons. The van der Waals surface area contributed by atoms with E-state index in [4.69, 9.17) is 0 Å². The first kappa shape index (κ1) is 15.6. The van der Waals surface area contributed by atoms with E-state index in [9.17, 15) is 9.59 Å². The van der Waals surface area contributed by atoms with Crippen LogP contribution >= 0.6 is 0 Å². The monoisotopic (exact) mass is 294 g/mol. The van der Waals surface area contributed by atoms with Gasteiger partial charge in [0, 0.05) is 12.0 Å². The maximum Gasteiger partial charge on any atom is 0.273 e. The molecule has 2 aromatic carbocycles. The number of Topliss-reactive ketones (excluding diaryl/α,β-unsaturated/α-hetero) is 1. The van der Waals surface area contributed by atoms with Crippen molar-refractivity contribution in [2.45, 2.75) is 13.3 Å². The summed E-state index contributed by atoms with van der Waals surface area (Å²) in [5.41, 5.74) is 1.45. The van der Waals surface area contributed by atoms with Gasteiger partial charge in [0.05, 0.1) is 12.8 Å². The van der Waals surface area contributed by atoms with Crippen molar-refractivity contribution >= 4 is 17.9 Å². The second-order valence-electron chi connectivity index (χ2n) is 4.90. The minimum Gasteiger partial charge on any atom is -0.300 e. The van der Waals surface area contributed by atoms with Gasteiger partial charge in [0.2, 0.25) is 0 Å². The summed E-state index contributed by atoms with van der Waals surface area (Å²) >= 11 is 0. The molecule has 2 rings (SSSR count). The molecule has 0 fully saturated rings.